The molecule has 0 spiro atoms. The molecule has 0 bridgehead atoms. The highest BCUT2D eigenvalue weighted by molar-refractivity contribution is 7.80. The summed E-state index contributed by atoms with van der Waals surface area (Å²) in [6.07, 6.45) is -2.16. The predicted molar refractivity (Wildman–Crippen MR) is 478 cm³/mol. The van der Waals surface area contributed by atoms with Crippen molar-refractivity contribution in [2.45, 2.75) is 302 Å². The molecule has 25 N–H and O–H groups in total. The minimum Gasteiger partial charge on any atom is -0.481 e. The molecule has 0 saturated carbocycles. The van der Waals surface area contributed by atoms with Gasteiger partial charge in [-0.2, -0.15) is 12.6 Å². The number of nitrogens with zero attached hydrogens (tertiary/aromatic N) is 2. The van der Waals surface area contributed by atoms with Crippen molar-refractivity contribution in [1.82, 2.24) is 90.0 Å². The Balaban J connectivity index is 1.80. The van der Waals surface area contributed by atoms with Crippen molar-refractivity contribution in [2.24, 2.45) is 52.0 Å². The zero-order chi connectivity index (χ0) is 98.1. The minimum absolute atomic E-state index is 0.00421. The first kappa shape index (κ1) is 113. The normalized spacial score (nSPS) is 17.4. The van der Waals surface area contributed by atoms with E-state index in [-0.39, 0.29) is 113 Å². The molecule has 1 aromatic carbocycles. The molecule has 18 atom stereocenters. The quantitative estimate of drug-likeness (QED) is 0.0128. The van der Waals surface area contributed by atoms with Crippen LogP contribution >= 0.6 is 12.6 Å². The lowest BCUT2D eigenvalue weighted by molar-refractivity contribution is -0.150. The van der Waals surface area contributed by atoms with Gasteiger partial charge in [-0.25, -0.2) is 4.79 Å². The van der Waals surface area contributed by atoms with Crippen LogP contribution in [-0.2, 0) is 97.5 Å². The summed E-state index contributed by atoms with van der Waals surface area (Å²) in [6, 6.07) is -14.6. The van der Waals surface area contributed by atoms with E-state index in [2.05, 4.69) is 103 Å². The highest BCUT2D eigenvalue weighted by Crippen LogP contribution is 2.22. The Morgan fingerprint density at radius 2 is 0.915 bits per heavy atom. The van der Waals surface area contributed by atoms with Crippen LogP contribution in [0.5, 0.6) is 0 Å². The van der Waals surface area contributed by atoms with E-state index >= 15 is 0 Å². The number of amides is 16. The SMILES string of the molecule is CC[C@H](C)[C@H](NC(=O)[C@H](CCC(=O)O)NC(=O)CNC(=O)[C@@H](NC(=O)[C@H](CC(C)C)NC(=O)[C@H](CC(C)C)NC(=O)[C@H](CC(C)C)NC(=O)[C@H](CC(C)C)NC(=O)[C@H](CS)NC(=O)[C@H](CO)NC(=O)[C@H](Cc1ccccc1)NC(=O)[C@H](C)NC(=O)[C@H](CCCN=C(N)N)NC(=O)[C@@H]1CCCN1)[C@@H](C)O)C(=O)N[C@@H](CC(=O)O)C(=O)N[C@@H](CC(C)C)C(=O)N1CCC[C@H]1C(=O)O. The van der Waals surface area contributed by atoms with Crippen LogP contribution in [0.3, 0.4) is 0 Å². The Labute approximate surface area is 763 Å². The summed E-state index contributed by atoms with van der Waals surface area (Å²) in [5.41, 5.74) is 11.5. The number of aliphatic carboxylic acids is 3. The van der Waals surface area contributed by atoms with Gasteiger partial charge in [-0.05, 0) is 139 Å². The van der Waals surface area contributed by atoms with Gasteiger partial charge in [-0.1, -0.05) is 120 Å². The van der Waals surface area contributed by atoms with E-state index in [4.69, 9.17) is 11.5 Å². The summed E-state index contributed by atoms with van der Waals surface area (Å²) >= 11 is 4.30. The van der Waals surface area contributed by atoms with Gasteiger partial charge in [-0.3, -0.25) is 91.3 Å². The van der Waals surface area contributed by atoms with E-state index in [9.17, 15) is 117 Å². The van der Waals surface area contributed by atoms with Crippen molar-refractivity contribution in [3.05, 3.63) is 35.9 Å². The second-order valence-corrected chi connectivity index (χ2v) is 35.5. The topological polar surface area (TPSA) is 686 Å². The van der Waals surface area contributed by atoms with E-state index < -0.39 is 259 Å². The van der Waals surface area contributed by atoms with Gasteiger partial charge in [0.25, 0.3) is 0 Å². The van der Waals surface area contributed by atoms with Crippen LogP contribution in [0.1, 0.15) is 199 Å². The second-order valence-electron chi connectivity index (χ2n) is 35.1. The number of aliphatic hydroxyl groups is 2. The standard InChI is InChI=1S/C85H140N20O24S/c1-15-47(12)67(82(126)99-59(38-66(111)112)77(121)100-60(36-46(10)11)83(127)105-31-21-26-63(105)84(128)129)103-72(116)53(27-28-65(109)110)92-64(108)39-90-81(125)68(49(14)107)104-78(122)57(35-45(8)9)97-74(118)55(33-43(4)5)95-73(117)54(32-42(2)3)96-75(119)56(34-44(6)7)98-80(124)62(41-130)102-79(123)61(40-106)101-76(120)58(37-50-22-17-16-18-23-50)94-69(113)48(13)91-71(115)52(25-20-30-89-85(86)87)93-70(114)51-24-19-29-88-51/h16-18,22-23,42-49,51-63,67-68,88,106-107,130H,15,19-21,24-41H2,1-14H3,(H,90,125)(H,91,115)(H,92,108)(H,93,114)(H,94,113)(H,95,117)(H,96,119)(H,97,118)(H,98,124)(H,99,126)(H,100,121)(H,101,120)(H,102,123)(H,103,116)(H,104,122)(H,109,110)(H,111,112)(H,128,129)(H4,86,87,89)/t47-,48-,49+,51-,52-,53-,54-,55-,56-,57-,58-,59-,60-,61-,62-,63-,67-,68-/m0/s1. The molecule has 0 aromatic heterocycles. The molecule has 1 aromatic rings. The molecule has 2 aliphatic rings. The molecule has 2 aliphatic heterocycles. The Hall–Kier alpha value is -11.3. The number of guanidine groups is 1. The fourth-order valence-electron chi connectivity index (χ4n) is 14.3. The number of nitrogens with one attached hydrogen (secondary N) is 16. The summed E-state index contributed by atoms with van der Waals surface area (Å²) in [5.74, 6) is -22.3. The fraction of sp³-hybridized carbons (Fsp3) is 0.694. The van der Waals surface area contributed by atoms with Gasteiger partial charge in [0.05, 0.1) is 31.7 Å². The summed E-state index contributed by atoms with van der Waals surface area (Å²) in [6.45, 7) is 21.7. The van der Waals surface area contributed by atoms with Crippen LogP contribution < -0.4 is 96.5 Å². The maximum Gasteiger partial charge on any atom is 0.326 e. The second kappa shape index (κ2) is 57.0. The molecule has 45 heteroatoms. The third kappa shape index (κ3) is 40.3. The highest BCUT2D eigenvalue weighted by Gasteiger charge is 2.43. The number of aliphatic imine (C=N–C) groups is 1. The molecule has 0 radical (unpaired) electrons. The molecule has 2 heterocycles. The Morgan fingerprint density at radius 1 is 0.477 bits per heavy atom. The molecular formula is C85H140N20O24S. The first-order chi connectivity index (χ1) is 61.0. The first-order valence-electron chi connectivity index (χ1n) is 44.2. The molecule has 2 fully saturated rings. The van der Waals surface area contributed by atoms with Crippen LogP contribution in [0.4, 0.5) is 0 Å². The summed E-state index contributed by atoms with van der Waals surface area (Å²) in [4.78, 5) is 266. The number of carboxylic acid groups (broad SMARTS) is 3. The number of thiol groups is 1. The van der Waals surface area contributed by atoms with Crippen molar-refractivity contribution in [3.8, 4) is 0 Å². The lowest BCUT2D eigenvalue weighted by Gasteiger charge is -2.30. The van der Waals surface area contributed by atoms with E-state index in [0.29, 0.717) is 24.9 Å². The van der Waals surface area contributed by atoms with E-state index in [1.54, 1.807) is 106 Å². The number of aliphatic hydroxyl groups excluding tert-OH is 2. The maximum absolute atomic E-state index is 14.6. The smallest absolute Gasteiger partial charge is 0.326 e. The number of benzene rings is 1. The third-order valence-electron chi connectivity index (χ3n) is 21.3. The minimum atomic E-state index is -1.87. The van der Waals surface area contributed by atoms with Crippen molar-refractivity contribution in [1.29, 1.82) is 0 Å². The van der Waals surface area contributed by atoms with E-state index in [1.807, 2.05) is 0 Å². The molecule has 0 aliphatic carbocycles. The van der Waals surface area contributed by atoms with Gasteiger partial charge in [0.1, 0.15) is 90.6 Å². The zero-order valence-electron chi connectivity index (χ0n) is 76.7. The number of carbonyl (C=O) groups is 19. The number of hydrogen-bond acceptors (Lipinski definition) is 24. The lowest BCUT2D eigenvalue weighted by atomic mass is 9.96. The summed E-state index contributed by atoms with van der Waals surface area (Å²) < 4.78 is 0. The number of carboxylic acids is 3. The van der Waals surface area contributed by atoms with Crippen molar-refractivity contribution in [3.63, 3.8) is 0 Å². The van der Waals surface area contributed by atoms with Gasteiger partial charge in [0, 0.05) is 31.7 Å². The number of rotatable bonds is 58. The first-order valence-corrected chi connectivity index (χ1v) is 44.9. The number of hydrogen-bond donors (Lipinski definition) is 24. The van der Waals surface area contributed by atoms with Crippen LogP contribution in [-0.4, -0.2) is 290 Å². The predicted octanol–water partition coefficient (Wildman–Crippen LogP) is -4.05. The molecule has 44 nitrogen and oxygen atoms in total. The molecule has 2 saturated heterocycles. The monoisotopic (exact) mass is 1860 g/mol. The van der Waals surface area contributed by atoms with Crippen LogP contribution in [0.15, 0.2) is 35.3 Å². The molecule has 16 amide bonds. The van der Waals surface area contributed by atoms with Gasteiger partial charge in [0.15, 0.2) is 5.96 Å². The van der Waals surface area contributed by atoms with Crippen molar-refractivity contribution in [2.75, 3.05) is 38.5 Å². The number of nitrogens with two attached hydrogens (primary N) is 2. The largest absolute Gasteiger partial charge is 0.481 e. The van der Waals surface area contributed by atoms with E-state index in [0.717, 1.165) is 18.2 Å². The summed E-state index contributed by atoms with van der Waals surface area (Å²) in [5, 5.41) is 91.5. The van der Waals surface area contributed by atoms with Crippen molar-refractivity contribution >= 4 is 131 Å². The van der Waals surface area contributed by atoms with E-state index in [1.165, 1.54) is 13.8 Å². The van der Waals surface area contributed by atoms with Crippen LogP contribution in [0.25, 0.3) is 0 Å². The molecule has 730 valence electrons. The van der Waals surface area contributed by atoms with Crippen LogP contribution in [0, 0.1) is 35.5 Å². The Bertz CT molecular complexity index is 4040. The molecule has 130 heavy (non-hydrogen) atoms. The fourth-order valence-corrected chi connectivity index (χ4v) is 14.6. The third-order valence-corrected chi connectivity index (χ3v) is 21.7. The summed E-state index contributed by atoms with van der Waals surface area (Å²) in [7, 11) is 0. The number of carbonyl (C=O) groups excluding carboxylic acids is 16. The zero-order valence-corrected chi connectivity index (χ0v) is 77.6. The van der Waals surface area contributed by atoms with Gasteiger partial charge >= 0.3 is 17.9 Å². The highest BCUT2D eigenvalue weighted by atomic mass is 32.1. The average Bonchev–Trinajstić information content (AvgIpc) is 1.65. The number of likely N-dealkylation sites (tertiary alicyclic amines) is 1. The van der Waals surface area contributed by atoms with Gasteiger partial charge < -0.3 is 127 Å². The van der Waals surface area contributed by atoms with Gasteiger partial charge in [0.2, 0.25) is 94.5 Å². The molecule has 0 unspecified atom stereocenters. The van der Waals surface area contributed by atoms with Crippen molar-refractivity contribution < 1.29 is 117 Å². The maximum atomic E-state index is 14.6. The van der Waals surface area contributed by atoms with Crippen LogP contribution in [0.2, 0.25) is 0 Å². The average molecular weight is 1860 g/mol. The molecular weight excluding hydrogens is 1720 g/mol. The molecule has 3 rings (SSSR count). The lowest BCUT2D eigenvalue weighted by Crippen LogP contribution is -2.62. The van der Waals surface area contributed by atoms with Gasteiger partial charge in [-0.15, -0.1) is 0 Å². The Kier molecular flexibility index (Phi) is 49.4. The Morgan fingerprint density at radius 3 is 1.38 bits per heavy atom.